The van der Waals surface area contributed by atoms with Gasteiger partial charge in [-0.1, -0.05) is 0 Å². The predicted octanol–water partition coefficient (Wildman–Crippen LogP) is 1.38. The third-order valence-electron chi connectivity index (χ3n) is 2.70. The van der Waals surface area contributed by atoms with Crippen LogP contribution < -0.4 is 10.6 Å². The van der Waals surface area contributed by atoms with Crippen molar-refractivity contribution in [2.24, 2.45) is 0 Å². The number of esters is 1. The van der Waals surface area contributed by atoms with E-state index in [1.807, 2.05) is 0 Å². The predicted molar refractivity (Wildman–Crippen MR) is 89.5 cm³/mol. The summed E-state index contributed by atoms with van der Waals surface area (Å²) in [5.41, 5.74) is 0.437. The lowest BCUT2D eigenvalue weighted by Gasteiger charge is -2.09. The number of methoxy groups -OCH3 is 1. The van der Waals surface area contributed by atoms with Crippen LogP contribution in [0.3, 0.4) is 0 Å². The zero-order valence-corrected chi connectivity index (χ0v) is 13.8. The topological polar surface area (TPSA) is 120 Å². The molecule has 10 heteroatoms. The number of nitro benzene ring substituents is 1. The lowest BCUT2D eigenvalue weighted by Crippen LogP contribution is -2.34. The van der Waals surface area contributed by atoms with Gasteiger partial charge in [-0.15, -0.1) is 0 Å². The molecule has 0 fully saturated rings. The average Bonchev–Trinajstić information content (AvgIpc) is 2.53. The molecule has 0 atom stereocenters. The second-order valence-corrected chi connectivity index (χ2v) is 4.93. The van der Waals surface area contributed by atoms with Gasteiger partial charge in [0.2, 0.25) is 5.91 Å². The summed E-state index contributed by atoms with van der Waals surface area (Å²) in [6.07, 6.45) is -0.149. The van der Waals surface area contributed by atoms with Gasteiger partial charge >= 0.3 is 5.97 Å². The Labute approximate surface area is 143 Å². The first-order valence-corrected chi connectivity index (χ1v) is 7.33. The van der Waals surface area contributed by atoms with E-state index in [9.17, 15) is 19.7 Å². The highest BCUT2D eigenvalue weighted by atomic mass is 32.1. The van der Waals surface area contributed by atoms with Crippen LogP contribution in [-0.2, 0) is 19.1 Å². The van der Waals surface area contributed by atoms with Crippen LogP contribution in [-0.4, -0.2) is 42.2 Å². The lowest BCUT2D eigenvalue weighted by atomic mass is 10.3. The fourth-order valence-electron chi connectivity index (χ4n) is 1.54. The van der Waals surface area contributed by atoms with Crippen molar-refractivity contribution >= 4 is 40.6 Å². The second-order valence-electron chi connectivity index (χ2n) is 4.52. The number of benzene rings is 1. The summed E-state index contributed by atoms with van der Waals surface area (Å²) >= 11 is 4.95. The van der Waals surface area contributed by atoms with E-state index in [1.165, 1.54) is 31.4 Å². The molecule has 130 valence electrons. The van der Waals surface area contributed by atoms with Crippen LogP contribution in [0.2, 0.25) is 0 Å². The van der Waals surface area contributed by atoms with Crippen molar-refractivity contribution in [2.45, 2.75) is 12.8 Å². The molecule has 0 aliphatic heterocycles. The van der Waals surface area contributed by atoms with Crippen molar-refractivity contribution in [2.75, 3.05) is 25.6 Å². The lowest BCUT2D eigenvalue weighted by molar-refractivity contribution is -0.384. The number of rotatable bonds is 8. The maximum atomic E-state index is 11.7. The average molecular weight is 355 g/mol. The van der Waals surface area contributed by atoms with Crippen LogP contribution in [0.15, 0.2) is 24.3 Å². The number of nitrogens with one attached hydrogen (secondary N) is 2. The fourth-order valence-corrected chi connectivity index (χ4v) is 1.78. The Kier molecular flexibility index (Phi) is 8.30. The van der Waals surface area contributed by atoms with E-state index in [2.05, 4.69) is 10.6 Å². The monoisotopic (exact) mass is 355 g/mol. The van der Waals surface area contributed by atoms with Gasteiger partial charge in [0.25, 0.3) is 5.69 Å². The van der Waals surface area contributed by atoms with E-state index in [0.717, 1.165) is 0 Å². The molecule has 24 heavy (non-hydrogen) atoms. The summed E-state index contributed by atoms with van der Waals surface area (Å²) in [6.45, 7) is 0.429. The highest BCUT2D eigenvalue weighted by molar-refractivity contribution is 7.80. The molecule has 1 aromatic rings. The van der Waals surface area contributed by atoms with Crippen molar-refractivity contribution in [3.05, 3.63) is 34.4 Å². The smallest absolute Gasteiger partial charge is 0.306 e. The fraction of sp³-hybridized carbons (Fsp3) is 0.357. The SMILES string of the molecule is COCCOC(=O)CCC(=O)NC(=S)Nc1ccc([N+](=O)[O-])cc1. The minimum atomic E-state index is -0.518. The Balaban J connectivity index is 2.32. The summed E-state index contributed by atoms with van der Waals surface area (Å²) in [4.78, 5) is 33.0. The number of anilines is 1. The molecule has 0 aliphatic rings. The summed E-state index contributed by atoms with van der Waals surface area (Å²) in [5, 5.41) is 15.7. The van der Waals surface area contributed by atoms with Gasteiger partial charge in [-0.2, -0.15) is 0 Å². The number of amides is 1. The number of ether oxygens (including phenoxy) is 2. The number of hydrogen-bond acceptors (Lipinski definition) is 7. The van der Waals surface area contributed by atoms with Crippen molar-refractivity contribution in [3.63, 3.8) is 0 Å². The van der Waals surface area contributed by atoms with E-state index in [0.29, 0.717) is 12.3 Å². The van der Waals surface area contributed by atoms with Crippen molar-refractivity contribution in [3.8, 4) is 0 Å². The standard InChI is InChI=1S/C14H17N3O6S/c1-22-8-9-23-13(19)7-6-12(18)16-14(24)15-10-2-4-11(5-3-10)17(20)21/h2-5H,6-9H2,1H3,(H2,15,16,18,24). The van der Waals surface area contributed by atoms with Gasteiger partial charge < -0.3 is 20.1 Å². The quantitative estimate of drug-likeness (QED) is 0.236. The van der Waals surface area contributed by atoms with Gasteiger partial charge in [0.15, 0.2) is 5.11 Å². The normalized spacial score (nSPS) is 9.88. The number of carbonyl (C=O) groups is 2. The molecule has 0 spiro atoms. The molecule has 0 saturated carbocycles. The largest absolute Gasteiger partial charge is 0.463 e. The van der Waals surface area contributed by atoms with Crippen molar-refractivity contribution in [1.29, 1.82) is 0 Å². The molecule has 0 bridgehead atoms. The van der Waals surface area contributed by atoms with E-state index < -0.39 is 16.8 Å². The third-order valence-corrected chi connectivity index (χ3v) is 2.90. The maximum Gasteiger partial charge on any atom is 0.306 e. The molecule has 0 unspecified atom stereocenters. The number of carbonyl (C=O) groups excluding carboxylic acids is 2. The molecule has 1 aromatic carbocycles. The molecule has 0 saturated heterocycles. The zero-order valence-electron chi connectivity index (χ0n) is 12.9. The van der Waals surface area contributed by atoms with Gasteiger partial charge in [0.1, 0.15) is 6.61 Å². The van der Waals surface area contributed by atoms with E-state index in [4.69, 9.17) is 21.7 Å². The summed E-state index contributed by atoms with van der Waals surface area (Å²) in [6, 6.07) is 5.54. The van der Waals surface area contributed by atoms with E-state index in [1.54, 1.807) is 0 Å². The summed E-state index contributed by atoms with van der Waals surface area (Å²) in [7, 11) is 1.49. The second kappa shape index (κ2) is 10.2. The first kappa shape index (κ1) is 19.5. The minimum absolute atomic E-state index is 0.0293. The Morgan fingerprint density at radius 3 is 2.46 bits per heavy atom. The van der Waals surface area contributed by atoms with Gasteiger partial charge in [-0.05, 0) is 24.4 Å². The first-order valence-electron chi connectivity index (χ1n) is 6.92. The number of non-ortho nitro benzene ring substituents is 1. The zero-order chi connectivity index (χ0) is 17.9. The van der Waals surface area contributed by atoms with Crippen LogP contribution in [0.5, 0.6) is 0 Å². The Hall–Kier alpha value is -2.59. The Morgan fingerprint density at radius 2 is 1.88 bits per heavy atom. The van der Waals surface area contributed by atoms with Crippen molar-refractivity contribution < 1.29 is 24.0 Å². The number of hydrogen-bond donors (Lipinski definition) is 2. The van der Waals surface area contributed by atoms with E-state index >= 15 is 0 Å². The molecule has 1 rings (SSSR count). The molecule has 0 radical (unpaired) electrons. The molecular weight excluding hydrogens is 338 g/mol. The minimum Gasteiger partial charge on any atom is -0.463 e. The first-order chi connectivity index (χ1) is 11.4. The van der Waals surface area contributed by atoms with Crippen LogP contribution in [0.1, 0.15) is 12.8 Å². The Morgan fingerprint density at radius 1 is 1.21 bits per heavy atom. The third kappa shape index (κ3) is 7.61. The molecule has 0 aliphatic carbocycles. The van der Waals surface area contributed by atoms with Gasteiger partial charge in [0.05, 0.1) is 18.0 Å². The molecule has 1 amide bonds. The molecule has 0 aromatic heterocycles. The van der Waals surface area contributed by atoms with Crippen LogP contribution in [0.25, 0.3) is 0 Å². The number of thiocarbonyl (C=S) groups is 1. The maximum absolute atomic E-state index is 11.7. The van der Waals surface area contributed by atoms with E-state index in [-0.39, 0.29) is 30.2 Å². The molecular formula is C14H17N3O6S. The Bertz CT molecular complexity index is 605. The van der Waals surface area contributed by atoms with Crippen LogP contribution >= 0.6 is 12.2 Å². The van der Waals surface area contributed by atoms with Crippen LogP contribution in [0.4, 0.5) is 11.4 Å². The highest BCUT2D eigenvalue weighted by Crippen LogP contribution is 2.15. The van der Waals surface area contributed by atoms with Gasteiger partial charge in [-0.3, -0.25) is 19.7 Å². The molecule has 2 N–H and O–H groups in total. The van der Waals surface area contributed by atoms with Gasteiger partial charge in [-0.25, -0.2) is 0 Å². The van der Waals surface area contributed by atoms with Crippen LogP contribution in [0, 0.1) is 10.1 Å². The summed E-state index contributed by atoms with van der Waals surface area (Å²) in [5.74, 6) is -0.949. The summed E-state index contributed by atoms with van der Waals surface area (Å²) < 4.78 is 9.54. The number of nitro groups is 1. The molecule has 9 nitrogen and oxygen atoms in total. The van der Waals surface area contributed by atoms with Crippen molar-refractivity contribution in [1.82, 2.24) is 5.32 Å². The number of nitrogens with zero attached hydrogens (tertiary/aromatic N) is 1. The molecule has 0 heterocycles. The highest BCUT2D eigenvalue weighted by Gasteiger charge is 2.10. The van der Waals surface area contributed by atoms with Gasteiger partial charge in [0, 0.05) is 31.4 Å².